The van der Waals surface area contributed by atoms with Gasteiger partial charge in [-0.15, -0.1) is 12.4 Å². The Morgan fingerprint density at radius 1 is 1.17 bits per heavy atom. The minimum absolute atomic E-state index is 0. The van der Waals surface area contributed by atoms with Gasteiger partial charge in [-0.1, -0.05) is 12.1 Å². The van der Waals surface area contributed by atoms with Gasteiger partial charge in [0, 0.05) is 23.4 Å². The predicted molar refractivity (Wildman–Crippen MR) is 133 cm³/mol. The Hall–Kier alpha value is -4.07. The lowest BCUT2D eigenvalue weighted by Crippen LogP contribution is -2.35. The van der Waals surface area contributed by atoms with Crippen molar-refractivity contribution in [3.63, 3.8) is 0 Å². The van der Waals surface area contributed by atoms with Crippen molar-refractivity contribution in [3.8, 4) is 17.3 Å². The summed E-state index contributed by atoms with van der Waals surface area (Å²) < 4.78 is 1.99. The van der Waals surface area contributed by atoms with E-state index in [4.69, 9.17) is 16.1 Å². The summed E-state index contributed by atoms with van der Waals surface area (Å²) >= 11 is 0. The molecule has 3 atom stereocenters. The number of anilines is 2. The second kappa shape index (κ2) is 8.94. The van der Waals surface area contributed by atoms with Crippen LogP contribution in [-0.4, -0.2) is 43.2 Å². The molecule has 4 aromatic rings. The molecule has 1 aliphatic heterocycles. The van der Waals surface area contributed by atoms with Gasteiger partial charge in [-0.3, -0.25) is 4.79 Å². The zero-order chi connectivity index (χ0) is 23.2. The Balaban J connectivity index is 0.00000253. The Morgan fingerprint density at radius 2 is 2.00 bits per heavy atom. The fourth-order valence-electron chi connectivity index (χ4n) is 5.06. The van der Waals surface area contributed by atoms with E-state index in [2.05, 4.69) is 25.6 Å². The summed E-state index contributed by atoms with van der Waals surface area (Å²) in [5.74, 6) is 1.05. The summed E-state index contributed by atoms with van der Waals surface area (Å²) in [5.41, 5.74) is 9.39. The molecule has 0 radical (unpaired) electrons. The molecule has 176 valence electrons. The highest BCUT2D eigenvalue weighted by molar-refractivity contribution is 6.04. The van der Waals surface area contributed by atoms with Crippen molar-refractivity contribution >= 4 is 41.0 Å². The zero-order valence-corrected chi connectivity index (χ0v) is 19.4. The standard InChI is InChI=1S/C24H21N9O.ClH/c25-10-13-5-6-27-19(9-13)31-24(34)16-3-1-15(2-4-16)21-20-22(26)29-12-30-23(20)33(32-21)18-8-14-7-17(18)28-11-14;/h1-6,9,12,14,17-18,28H,7-8,11H2,(H2,26,29,30)(H,27,31,34);1H. The van der Waals surface area contributed by atoms with Crippen molar-refractivity contribution in [2.45, 2.75) is 24.9 Å². The molecular formula is C24H22ClN9O. The van der Waals surface area contributed by atoms with E-state index in [0.29, 0.717) is 40.4 Å². The van der Waals surface area contributed by atoms with E-state index < -0.39 is 0 Å². The van der Waals surface area contributed by atoms with Crippen molar-refractivity contribution in [1.29, 1.82) is 5.26 Å². The topological polar surface area (TPSA) is 147 Å². The molecule has 1 aromatic carbocycles. The summed E-state index contributed by atoms with van der Waals surface area (Å²) in [7, 11) is 0. The Labute approximate surface area is 207 Å². The van der Waals surface area contributed by atoms with Crippen molar-refractivity contribution in [2.24, 2.45) is 5.92 Å². The minimum atomic E-state index is -0.319. The van der Waals surface area contributed by atoms with Crippen LogP contribution in [-0.2, 0) is 0 Å². The number of rotatable bonds is 4. The molecule has 4 heterocycles. The van der Waals surface area contributed by atoms with E-state index in [1.807, 2.05) is 22.9 Å². The third-order valence-electron chi connectivity index (χ3n) is 6.68. The van der Waals surface area contributed by atoms with Gasteiger partial charge < -0.3 is 16.4 Å². The van der Waals surface area contributed by atoms with E-state index >= 15 is 0 Å². The van der Waals surface area contributed by atoms with Gasteiger partial charge in [-0.2, -0.15) is 10.4 Å². The first kappa shape index (κ1) is 22.7. The Kier molecular flexibility index (Phi) is 5.80. The van der Waals surface area contributed by atoms with Crippen molar-refractivity contribution in [2.75, 3.05) is 17.6 Å². The van der Waals surface area contributed by atoms with Gasteiger partial charge in [0.15, 0.2) is 5.65 Å². The average Bonchev–Trinajstić information content (AvgIpc) is 3.59. The molecule has 11 heteroatoms. The number of nitrogens with one attached hydrogen (secondary N) is 2. The third-order valence-corrected chi connectivity index (χ3v) is 6.68. The van der Waals surface area contributed by atoms with Crippen molar-refractivity contribution in [1.82, 2.24) is 30.0 Å². The number of fused-ring (bicyclic) bond motifs is 3. The van der Waals surface area contributed by atoms with Crippen LogP contribution in [0.3, 0.4) is 0 Å². The predicted octanol–water partition coefficient (Wildman–Crippen LogP) is 2.94. The van der Waals surface area contributed by atoms with Gasteiger partial charge in [0.2, 0.25) is 0 Å². The second-order valence-electron chi connectivity index (χ2n) is 8.74. The fourth-order valence-corrected chi connectivity index (χ4v) is 5.06. The number of hydrogen-bond acceptors (Lipinski definition) is 8. The summed E-state index contributed by atoms with van der Waals surface area (Å²) in [4.78, 5) is 25.5. The van der Waals surface area contributed by atoms with E-state index in [1.165, 1.54) is 18.6 Å². The molecule has 2 fully saturated rings. The van der Waals surface area contributed by atoms with Gasteiger partial charge in [0.1, 0.15) is 23.7 Å². The summed E-state index contributed by atoms with van der Waals surface area (Å²) in [6, 6.07) is 12.9. The van der Waals surface area contributed by atoms with Gasteiger partial charge >= 0.3 is 0 Å². The number of amides is 1. The number of aromatic nitrogens is 5. The maximum atomic E-state index is 12.7. The molecule has 3 aromatic heterocycles. The first-order chi connectivity index (χ1) is 16.6. The molecular weight excluding hydrogens is 466 g/mol. The molecule has 4 N–H and O–H groups in total. The van der Waals surface area contributed by atoms with Gasteiger partial charge in [-0.05, 0) is 49.6 Å². The molecule has 1 aliphatic carbocycles. The fraction of sp³-hybridized carbons (Fsp3) is 0.250. The SMILES string of the molecule is Cl.N#Cc1ccnc(NC(=O)c2ccc(-c3nn(C4CC5CNC4C5)c4ncnc(N)c34)cc2)c1. The smallest absolute Gasteiger partial charge is 0.256 e. The van der Waals surface area contributed by atoms with Crippen LogP contribution in [0.15, 0.2) is 48.9 Å². The number of hydrogen-bond donors (Lipinski definition) is 3. The number of benzene rings is 1. The Morgan fingerprint density at radius 3 is 2.71 bits per heavy atom. The number of carbonyl (C=O) groups excluding carboxylic acids is 1. The van der Waals surface area contributed by atoms with E-state index in [0.717, 1.165) is 36.0 Å². The number of carbonyl (C=O) groups is 1. The molecule has 35 heavy (non-hydrogen) atoms. The van der Waals surface area contributed by atoms with Crippen LogP contribution in [0.5, 0.6) is 0 Å². The first-order valence-electron chi connectivity index (χ1n) is 11.1. The normalized spacial score (nSPS) is 20.4. The maximum absolute atomic E-state index is 12.7. The quantitative estimate of drug-likeness (QED) is 0.398. The summed E-state index contributed by atoms with van der Waals surface area (Å²) in [6.45, 7) is 1.06. The highest BCUT2D eigenvalue weighted by Gasteiger charge is 2.42. The lowest BCUT2D eigenvalue weighted by Gasteiger charge is -2.23. The van der Waals surface area contributed by atoms with Crippen LogP contribution in [0, 0.1) is 17.2 Å². The lowest BCUT2D eigenvalue weighted by atomic mass is 10.1. The van der Waals surface area contributed by atoms with E-state index in [1.54, 1.807) is 18.2 Å². The first-order valence-corrected chi connectivity index (χ1v) is 11.1. The molecule has 2 bridgehead atoms. The van der Waals surface area contributed by atoms with Gasteiger partial charge in [-0.25, -0.2) is 19.6 Å². The number of pyridine rings is 1. The van der Waals surface area contributed by atoms with Gasteiger partial charge in [0.05, 0.1) is 23.1 Å². The van der Waals surface area contributed by atoms with Crippen LogP contribution in [0.2, 0.25) is 0 Å². The largest absolute Gasteiger partial charge is 0.383 e. The highest BCUT2D eigenvalue weighted by Crippen LogP contribution is 2.41. The second-order valence-corrected chi connectivity index (χ2v) is 8.74. The molecule has 3 unspecified atom stereocenters. The van der Waals surface area contributed by atoms with Gasteiger partial charge in [0.25, 0.3) is 5.91 Å². The minimum Gasteiger partial charge on any atom is -0.383 e. The molecule has 1 amide bonds. The molecule has 1 saturated heterocycles. The summed E-state index contributed by atoms with van der Waals surface area (Å²) in [5, 5.41) is 21.0. The summed E-state index contributed by atoms with van der Waals surface area (Å²) in [6.07, 6.45) is 5.18. The number of piperidine rings is 1. The third kappa shape index (κ3) is 3.95. The Bertz CT molecular complexity index is 1460. The van der Waals surface area contributed by atoms with Crippen molar-refractivity contribution in [3.05, 3.63) is 60.0 Å². The molecule has 10 nitrogen and oxygen atoms in total. The molecule has 0 spiro atoms. The average molecular weight is 488 g/mol. The van der Waals surface area contributed by atoms with Crippen LogP contribution >= 0.6 is 12.4 Å². The molecule has 2 aliphatic rings. The lowest BCUT2D eigenvalue weighted by molar-refractivity contribution is 0.102. The van der Waals surface area contributed by atoms with E-state index in [9.17, 15) is 4.79 Å². The molecule has 6 rings (SSSR count). The maximum Gasteiger partial charge on any atom is 0.256 e. The number of nitriles is 1. The number of nitrogens with two attached hydrogens (primary N) is 1. The van der Waals surface area contributed by atoms with Crippen molar-refractivity contribution < 1.29 is 4.79 Å². The van der Waals surface area contributed by atoms with E-state index in [-0.39, 0.29) is 24.4 Å². The highest BCUT2D eigenvalue weighted by atomic mass is 35.5. The van der Waals surface area contributed by atoms with Crippen LogP contribution < -0.4 is 16.4 Å². The van der Waals surface area contributed by atoms with Crippen LogP contribution in [0.25, 0.3) is 22.3 Å². The zero-order valence-electron chi connectivity index (χ0n) is 18.5. The number of nitrogens with zero attached hydrogens (tertiary/aromatic N) is 6. The van der Waals surface area contributed by atoms with Crippen LogP contribution in [0.4, 0.5) is 11.6 Å². The monoisotopic (exact) mass is 487 g/mol. The number of nitrogen functional groups attached to an aromatic ring is 1. The van der Waals surface area contributed by atoms with Crippen LogP contribution in [0.1, 0.15) is 34.8 Å². The molecule has 1 saturated carbocycles. The number of halogens is 1.